The zero-order valence-electron chi connectivity index (χ0n) is 15.5. The molecule has 0 bridgehead atoms. The number of amides is 1. The largest absolute Gasteiger partial charge is 0.451 e. The van der Waals surface area contributed by atoms with Crippen LogP contribution >= 0.6 is 11.3 Å². The van der Waals surface area contributed by atoms with Crippen molar-refractivity contribution in [3.8, 4) is 0 Å². The normalized spacial score (nSPS) is 20.1. The maximum atomic E-state index is 14.2. The summed E-state index contributed by atoms with van der Waals surface area (Å²) in [5.74, 6) is -1.33. The van der Waals surface area contributed by atoms with Crippen LogP contribution in [0, 0.1) is 5.82 Å². The van der Waals surface area contributed by atoms with Crippen LogP contribution in [0.15, 0.2) is 18.2 Å². The van der Waals surface area contributed by atoms with E-state index in [0.717, 1.165) is 11.3 Å². The molecule has 0 unspecified atom stereocenters. The van der Waals surface area contributed by atoms with Gasteiger partial charge in [-0.15, -0.1) is 11.3 Å². The van der Waals surface area contributed by atoms with Crippen LogP contribution in [0.2, 0.25) is 0 Å². The summed E-state index contributed by atoms with van der Waals surface area (Å²) in [6, 6.07) is 4.67. The Morgan fingerprint density at radius 1 is 1.30 bits per heavy atom. The molecule has 2 aromatic rings. The van der Waals surface area contributed by atoms with E-state index in [9.17, 15) is 14.0 Å². The van der Waals surface area contributed by atoms with Gasteiger partial charge in [0, 0.05) is 35.8 Å². The molecule has 1 aromatic carbocycles. The van der Waals surface area contributed by atoms with Gasteiger partial charge in [-0.25, -0.2) is 9.18 Å². The average Bonchev–Trinajstić information content (AvgIpc) is 2.99. The fourth-order valence-corrected chi connectivity index (χ4v) is 4.40. The van der Waals surface area contributed by atoms with Crippen LogP contribution in [0.4, 0.5) is 4.39 Å². The Kier molecular flexibility index (Phi) is 6.08. The molecule has 27 heavy (non-hydrogen) atoms. The van der Waals surface area contributed by atoms with Crippen LogP contribution in [0.1, 0.15) is 29.1 Å². The summed E-state index contributed by atoms with van der Waals surface area (Å²) >= 11 is 1.13. The second kappa shape index (κ2) is 8.33. The lowest BCUT2D eigenvalue weighted by molar-refractivity contribution is -0.146. The quantitative estimate of drug-likeness (QED) is 0.729. The second-order valence-electron chi connectivity index (χ2n) is 6.59. The molecule has 1 saturated heterocycles. The Labute approximate surface area is 160 Å². The van der Waals surface area contributed by atoms with Gasteiger partial charge in [0.1, 0.15) is 10.7 Å². The first-order valence-corrected chi connectivity index (χ1v) is 9.51. The van der Waals surface area contributed by atoms with Gasteiger partial charge in [-0.2, -0.15) is 0 Å². The number of thiophene rings is 1. The molecular formula is C19H22FNO5S. The lowest BCUT2D eigenvalue weighted by Crippen LogP contribution is -2.49. The van der Waals surface area contributed by atoms with E-state index in [0.29, 0.717) is 28.7 Å². The van der Waals surface area contributed by atoms with Gasteiger partial charge in [-0.1, -0.05) is 6.07 Å². The van der Waals surface area contributed by atoms with Gasteiger partial charge in [-0.05, 0) is 26.0 Å². The first kappa shape index (κ1) is 19.7. The third-order valence-corrected chi connectivity index (χ3v) is 5.51. The molecule has 1 fully saturated rings. The number of benzene rings is 1. The summed E-state index contributed by atoms with van der Waals surface area (Å²) in [5.41, 5.74) is 0.446. The number of ether oxygens (including phenoxy) is 3. The lowest BCUT2D eigenvalue weighted by atomic mass is 10.1. The van der Waals surface area contributed by atoms with Crippen LogP contribution in [0.3, 0.4) is 0 Å². The molecule has 2 atom stereocenters. The number of hydrogen-bond acceptors (Lipinski definition) is 6. The molecule has 3 rings (SSSR count). The molecule has 1 amide bonds. The van der Waals surface area contributed by atoms with E-state index in [1.54, 1.807) is 17.0 Å². The smallest absolute Gasteiger partial charge is 0.349 e. The fraction of sp³-hybridized carbons (Fsp3) is 0.474. The number of fused-ring (bicyclic) bond motifs is 1. The average molecular weight is 395 g/mol. The summed E-state index contributed by atoms with van der Waals surface area (Å²) in [6.45, 7) is 4.43. The Morgan fingerprint density at radius 3 is 2.67 bits per heavy atom. The zero-order chi connectivity index (χ0) is 19.6. The molecule has 8 heteroatoms. The molecule has 0 radical (unpaired) electrons. The fourth-order valence-electron chi connectivity index (χ4n) is 3.28. The molecule has 0 aliphatic carbocycles. The predicted octanol–water partition coefficient (Wildman–Crippen LogP) is 2.98. The SMILES string of the molecule is COCc1c(C(=O)OCC(=O)N2C[C@H](C)O[C@@H](C)C2)sc2cccc(F)c12. The van der Waals surface area contributed by atoms with Gasteiger partial charge >= 0.3 is 5.97 Å². The van der Waals surface area contributed by atoms with E-state index >= 15 is 0 Å². The number of hydrogen-bond donors (Lipinski definition) is 0. The van der Waals surface area contributed by atoms with E-state index in [4.69, 9.17) is 14.2 Å². The van der Waals surface area contributed by atoms with Crippen molar-refractivity contribution in [2.45, 2.75) is 32.7 Å². The molecule has 6 nitrogen and oxygen atoms in total. The molecule has 0 saturated carbocycles. The van der Waals surface area contributed by atoms with Crippen LogP contribution in [-0.2, 0) is 25.6 Å². The zero-order valence-corrected chi connectivity index (χ0v) is 16.3. The first-order valence-electron chi connectivity index (χ1n) is 8.69. The van der Waals surface area contributed by atoms with Crippen LogP contribution in [0.25, 0.3) is 10.1 Å². The van der Waals surface area contributed by atoms with Gasteiger partial charge < -0.3 is 19.1 Å². The summed E-state index contributed by atoms with van der Waals surface area (Å²) in [5, 5.41) is 0.360. The van der Waals surface area contributed by atoms with Gasteiger partial charge in [0.15, 0.2) is 6.61 Å². The number of esters is 1. The maximum Gasteiger partial charge on any atom is 0.349 e. The highest BCUT2D eigenvalue weighted by atomic mass is 32.1. The molecule has 1 aromatic heterocycles. The Morgan fingerprint density at radius 2 is 2.00 bits per heavy atom. The van der Waals surface area contributed by atoms with Crippen LogP contribution in [0.5, 0.6) is 0 Å². The van der Waals surface area contributed by atoms with E-state index in [1.165, 1.54) is 13.2 Å². The number of methoxy groups -OCH3 is 1. The number of nitrogens with zero attached hydrogens (tertiary/aromatic N) is 1. The lowest BCUT2D eigenvalue weighted by Gasteiger charge is -2.35. The van der Waals surface area contributed by atoms with Crippen molar-refractivity contribution in [2.24, 2.45) is 0 Å². The van der Waals surface area contributed by atoms with Gasteiger partial charge in [0.2, 0.25) is 0 Å². The van der Waals surface area contributed by atoms with Crippen molar-refractivity contribution < 1.29 is 28.2 Å². The number of halogens is 1. The monoisotopic (exact) mass is 395 g/mol. The highest BCUT2D eigenvalue weighted by Crippen LogP contribution is 2.34. The highest BCUT2D eigenvalue weighted by molar-refractivity contribution is 7.21. The number of morpholine rings is 1. The standard InChI is InChI=1S/C19H22FNO5S/c1-11-7-21(8-12(2)26-11)16(22)10-25-19(23)18-13(9-24-3)17-14(20)5-4-6-15(17)27-18/h4-6,11-12H,7-10H2,1-3H3/t11-,12-/m0/s1. The van der Waals surface area contributed by atoms with Gasteiger partial charge in [0.25, 0.3) is 5.91 Å². The molecule has 1 aliphatic rings. The molecule has 0 N–H and O–H groups in total. The second-order valence-corrected chi connectivity index (χ2v) is 7.64. The van der Waals surface area contributed by atoms with Crippen LogP contribution in [-0.4, -0.2) is 55.8 Å². The number of rotatable bonds is 5. The van der Waals surface area contributed by atoms with Crippen molar-refractivity contribution >= 4 is 33.3 Å². The predicted molar refractivity (Wildman–Crippen MR) is 99.4 cm³/mol. The van der Waals surface area contributed by atoms with Gasteiger partial charge in [-0.3, -0.25) is 4.79 Å². The molecular weight excluding hydrogens is 373 g/mol. The van der Waals surface area contributed by atoms with Gasteiger partial charge in [0.05, 0.1) is 18.8 Å². The minimum Gasteiger partial charge on any atom is -0.451 e. The maximum absolute atomic E-state index is 14.2. The summed E-state index contributed by atoms with van der Waals surface area (Å²) in [6.07, 6.45) is -0.125. The van der Waals surface area contributed by atoms with E-state index in [-0.39, 0.29) is 36.2 Å². The summed E-state index contributed by atoms with van der Waals surface area (Å²) in [4.78, 5) is 26.8. The van der Waals surface area contributed by atoms with Crippen molar-refractivity contribution in [3.63, 3.8) is 0 Å². The van der Waals surface area contributed by atoms with Crippen LogP contribution < -0.4 is 0 Å². The Hall–Kier alpha value is -2.03. The van der Waals surface area contributed by atoms with Crippen molar-refractivity contribution in [1.29, 1.82) is 0 Å². The molecule has 0 spiro atoms. The minimum atomic E-state index is -0.648. The third kappa shape index (κ3) is 4.28. The minimum absolute atomic E-state index is 0.0627. The van der Waals surface area contributed by atoms with E-state index < -0.39 is 11.8 Å². The molecule has 1 aliphatic heterocycles. The summed E-state index contributed by atoms with van der Waals surface area (Å²) in [7, 11) is 1.48. The van der Waals surface area contributed by atoms with Crippen molar-refractivity contribution in [2.75, 3.05) is 26.8 Å². The topological polar surface area (TPSA) is 65.1 Å². The highest BCUT2D eigenvalue weighted by Gasteiger charge is 2.27. The molecule has 2 heterocycles. The Bertz CT molecular complexity index is 842. The summed E-state index contributed by atoms with van der Waals surface area (Å²) < 4.78 is 30.8. The third-order valence-electron chi connectivity index (χ3n) is 4.34. The van der Waals surface area contributed by atoms with Crippen molar-refractivity contribution in [1.82, 2.24) is 4.90 Å². The van der Waals surface area contributed by atoms with Crippen molar-refractivity contribution in [3.05, 3.63) is 34.5 Å². The van der Waals surface area contributed by atoms with E-state index in [2.05, 4.69) is 0 Å². The number of carbonyl (C=O) groups excluding carboxylic acids is 2. The number of carbonyl (C=O) groups is 2. The molecule has 146 valence electrons. The van der Waals surface area contributed by atoms with E-state index in [1.807, 2.05) is 13.8 Å². The first-order chi connectivity index (χ1) is 12.9. The Balaban J connectivity index is 1.73.